The van der Waals surface area contributed by atoms with Gasteiger partial charge in [0.15, 0.2) is 11.6 Å². The zero-order valence-corrected chi connectivity index (χ0v) is 19.5. The summed E-state index contributed by atoms with van der Waals surface area (Å²) in [6.45, 7) is 6.38. The third-order valence-corrected chi connectivity index (χ3v) is 5.61. The SMILES string of the molecule is Cc1cc(/C(O)=C2\C(=O)C(=O)N(c3ccc(F)c(F)c3)C2c2ccccn2)ccc1OCC(C)C. The summed E-state index contributed by atoms with van der Waals surface area (Å²) in [5.41, 5.74) is 1.09. The van der Waals surface area contributed by atoms with Crippen LogP contribution in [0.1, 0.15) is 36.7 Å². The smallest absolute Gasteiger partial charge is 0.300 e. The molecule has 0 spiro atoms. The Kier molecular flexibility index (Phi) is 6.64. The molecule has 0 aliphatic carbocycles. The third kappa shape index (κ3) is 4.64. The number of aromatic nitrogens is 1. The van der Waals surface area contributed by atoms with Crippen LogP contribution in [0.3, 0.4) is 0 Å². The molecule has 1 unspecified atom stereocenters. The quantitative estimate of drug-likeness (QED) is 0.294. The van der Waals surface area contributed by atoms with E-state index in [9.17, 15) is 23.5 Å². The number of Topliss-reactive ketones (excluding diaryl/α,β-unsaturated/α-hetero) is 1. The van der Waals surface area contributed by atoms with Gasteiger partial charge in [0.2, 0.25) is 0 Å². The van der Waals surface area contributed by atoms with Crippen LogP contribution in [0.25, 0.3) is 5.76 Å². The molecule has 1 N–H and O–H groups in total. The minimum Gasteiger partial charge on any atom is -0.507 e. The second-order valence-electron chi connectivity index (χ2n) is 8.71. The highest BCUT2D eigenvalue weighted by atomic mass is 19.2. The number of aliphatic hydroxyl groups excluding tert-OH is 1. The molecule has 1 amide bonds. The molecule has 0 bridgehead atoms. The van der Waals surface area contributed by atoms with Crippen molar-refractivity contribution in [3.05, 3.63) is 94.8 Å². The molecule has 6 nitrogen and oxygen atoms in total. The molecule has 0 saturated carbocycles. The van der Waals surface area contributed by atoms with Gasteiger partial charge >= 0.3 is 0 Å². The van der Waals surface area contributed by atoms with Crippen molar-refractivity contribution < 1.29 is 28.2 Å². The van der Waals surface area contributed by atoms with Gasteiger partial charge < -0.3 is 9.84 Å². The predicted molar refractivity (Wildman–Crippen MR) is 127 cm³/mol. The highest BCUT2D eigenvalue weighted by Gasteiger charge is 2.47. The van der Waals surface area contributed by atoms with E-state index in [1.807, 2.05) is 20.8 Å². The Morgan fingerprint density at radius 2 is 1.86 bits per heavy atom. The zero-order valence-electron chi connectivity index (χ0n) is 19.5. The van der Waals surface area contributed by atoms with E-state index in [0.29, 0.717) is 23.8 Å². The monoisotopic (exact) mass is 478 g/mol. The Morgan fingerprint density at radius 1 is 1.09 bits per heavy atom. The highest BCUT2D eigenvalue weighted by molar-refractivity contribution is 6.51. The second kappa shape index (κ2) is 9.66. The molecule has 1 saturated heterocycles. The van der Waals surface area contributed by atoms with Crippen LogP contribution in [-0.2, 0) is 9.59 Å². The fourth-order valence-electron chi connectivity index (χ4n) is 3.92. The maximum atomic E-state index is 14.0. The van der Waals surface area contributed by atoms with Gasteiger partial charge in [0.05, 0.1) is 17.9 Å². The van der Waals surface area contributed by atoms with Crippen molar-refractivity contribution >= 4 is 23.1 Å². The van der Waals surface area contributed by atoms with Gasteiger partial charge in [0.1, 0.15) is 17.6 Å². The summed E-state index contributed by atoms with van der Waals surface area (Å²) < 4.78 is 33.4. The number of rotatable bonds is 6. The Hall–Kier alpha value is -4.07. The summed E-state index contributed by atoms with van der Waals surface area (Å²) in [4.78, 5) is 31.5. The van der Waals surface area contributed by atoms with Crippen LogP contribution >= 0.6 is 0 Å². The molecule has 1 aliphatic heterocycles. The van der Waals surface area contributed by atoms with Gasteiger partial charge in [-0.3, -0.25) is 19.5 Å². The average molecular weight is 478 g/mol. The molecular formula is C27H24F2N2O4. The van der Waals surface area contributed by atoms with E-state index >= 15 is 0 Å². The standard InChI is InChI=1S/C27H24F2N2O4/c1-15(2)14-35-22-10-7-17(12-16(22)3)25(32)23-24(21-6-4-5-11-30-21)31(27(34)26(23)33)18-8-9-19(28)20(29)13-18/h4-13,15,24,32H,14H2,1-3H3/b25-23+. The van der Waals surface area contributed by atoms with E-state index in [1.165, 1.54) is 12.3 Å². The largest absolute Gasteiger partial charge is 0.507 e. The molecule has 0 radical (unpaired) electrons. The number of aryl methyl sites for hydroxylation is 1. The number of carbonyl (C=O) groups is 2. The Bertz CT molecular complexity index is 1320. The lowest BCUT2D eigenvalue weighted by Crippen LogP contribution is -2.30. The third-order valence-electron chi connectivity index (χ3n) is 5.61. The number of ether oxygens (including phenoxy) is 1. The minimum atomic E-state index is -1.17. The number of nitrogens with zero attached hydrogens (tertiary/aromatic N) is 2. The molecule has 35 heavy (non-hydrogen) atoms. The first-order valence-corrected chi connectivity index (χ1v) is 11.1. The molecule has 1 aromatic heterocycles. The molecule has 2 heterocycles. The number of pyridine rings is 1. The summed E-state index contributed by atoms with van der Waals surface area (Å²) in [7, 11) is 0. The van der Waals surface area contributed by atoms with Crippen molar-refractivity contribution in [2.75, 3.05) is 11.5 Å². The Balaban J connectivity index is 1.84. The van der Waals surface area contributed by atoms with E-state index in [4.69, 9.17) is 4.74 Å². The maximum Gasteiger partial charge on any atom is 0.300 e. The number of halogens is 2. The number of amides is 1. The lowest BCUT2D eigenvalue weighted by molar-refractivity contribution is -0.132. The van der Waals surface area contributed by atoms with Crippen LogP contribution in [-0.4, -0.2) is 28.4 Å². The average Bonchev–Trinajstić information content (AvgIpc) is 3.10. The van der Waals surface area contributed by atoms with Gasteiger partial charge in [-0.1, -0.05) is 19.9 Å². The molecule has 1 fully saturated rings. The van der Waals surface area contributed by atoms with E-state index in [2.05, 4.69) is 4.98 Å². The molecule has 3 aromatic rings. The van der Waals surface area contributed by atoms with Crippen molar-refractivity contribution in [1.29, 1.82) is 0 Å². The van der Waals surface area contributed by atoms with Crippen molar-refractivity contribution in [3.8, 4) is 5.75 Å². The zero-order chi connectivity index (χ0) is 25.3. The van der Waals surface area contributed by atoms with Crippen molar-refractivity contribution in [1.82, 2.24) is 4.98 Å². The summed E-state index contributed by atoms with van der Waals surface area (Å²) in [5.74, 6) is -3.64. The lowest BCUT2D eigenvalue weighted by atomic mass is 9.97. The van der Waals surface area contributed by atoms with E-state index < -0.39 is 35.1 Å². The number of hydrogen-bond donors (Lipinski definition) is 1. The van der Waals surface area contributed by atoms with Gasteiger partial charge in [-0.05, 0) is 60.9 Å². The minimum absolute atomic E-state index is 0.0330. The van der Waals surface area contributed by atoms with Crippen molar-refractivity contribution in [3.63, 3.8) is 0 Å². The summed E-state index contributed by atoms with van der Waals surface area (Å²) in [5, 5.41) is 11.2. The number of anilines is 1. The van der Waals surface area contributed by atoms with Gasteiger partial charge in [-0.25, -0.2) is 8.78 Å². The number of carbonyl (C=O) groups excluding carboxylic acids is 2. The van der Waals surface area contributed by atoms with Gasteiger partial charge in [-0.2, -0.15) is 0 Å². The summed E-state index contributed by atoms with van der Waals surface area (Å²) in [6.07, 6.45) is 1.48. The van der Waals surface area contributed by atoms with Crippen molar-refractivity contribution in [2.45, 2.75) is 26.8 Å². The fourth-order valence-corrected chi connectivity index (χ4v) is 3.92. The topological polar surface area (TPSA) is 79.7 Å². The van der Waals surface area contributed by atoms with Gasteiger partial charge in [0, 0.05) is 23.5 Å². The van der Waals surface area contributed by atoms with Gasteiger partial charge in [0.25, 0.3) is 11.7 Å². The number of ketones is 1. The molecule has 180 valence electrons. The molecular weight excluding hydrogens is 454 g/mol. The Labute approximate surface area is 201 Å². The number of hydrogen-bond acceptors (Lipinski definition) is 5. The van der Waals surface area contributed by atoms with Crippen molar-refractivity contribution in [2.24, 2.45) is 5.92 Å². The van der Waals surface area contributed by atoms with E-state index in [1.54, 1.807) is 36.4 Å². The molecule has 2 aromatic carbocycles. The summed E-state index contributed by atoms with van der Waals surface area (Å²) >= 11 is 0. The first-order valence-electron chi connectivity index (χ1n) is 11.1. The molecule has 8 heteroatoms. The fraction of sp³-hybridized carbons (Fsp3) is 0.222. The first kappa shape index (κ1) is 24.1. The lowest BCUT2D eigenvalue weighted by Gasteiger charge is -2.24. The second-order valence-corrected chi connectivity index (χ2v) is 8.71. The highest BCUT2D eigenvalue weighted by Crippen LogP contribution is 2.42. The molecule has 1 atom stereocenters. The number of aliphatic hydroxyl groups is 1. The normalized spacial score (nSPS) is 17.3. The molecule has 1 aliphatic rings. The first-order chi connectivity index (χ1) is 16.7. The van der Waals surface area contributed by atoms with Crippen LogP contribution in [0.4, 0.5) is 14.5 Å². The summed E-state index contributed by atoms with van der Waals surface area (Å²) in [6, 6.07) is 11.6. The van der Waals surface area contributed by atoms with Crippen LogP contribution in [0.5, 0.6) is 5.75 Å². The number of benzene rings is 2. The maximum absolute atomic E-state index is 14.0. The molecule has 4 rings (SSSR count). The van der Waals surface area contributed by atoms with Crippen LogP contribution in [0.15, 0.2) is 66.4 Å². The van der Waals surface area contributed by atoms with Crippen LogP contribution in [0.2, 0.25) is 0 Å². The predicted octanol–water partition coefficient (Wildman–Crippen LogP) is 5.33. The Morgan fingerprint density at radius 3 is 2.49 bits per heavy atom. The van der Waals surface area contributed by atoms with E-state index in [0.717, 1.165) is 22.6 Å². The van der Waals surface area contributed by atoms with E-state index in [-0.39, 0.29) is 17.0 Å². The van der Waals surface area contributed by atoms with Gasteiger partial charge in [-0.15, -0.1) is 0 Å². The van der Waals surface area contributed by atoms with Crippen LogP contribution < -0.4 is 9.64 Å². The van der Waals surface area contributed by atoms with Crippen LogP contribution in [0, 0.1) is 24.5 Å².